The molecule has 114 valence electrons. The zero-order valence-electron chi connectivity index (χ0n) is 13.0. The molecule has 4 heteroatoms. The lowest BCUT2D eigenvalue weighted by molar-refractivity contribution is 0.254. The Labute approximate surface area is 126 Å². The predicted molar refractivity (Wildman–Crippen MR) is 83.9 cm³/mol. The minimum Gasteiger partial charge on any atom is -0.460 e. The minimum atomic E-state index is 0.643. The van der Waals surface area contributed by atoms with Crippen LogP contribution in [0.3, 0.4) is 0 Å². The van der Waals surface area contributed by atoms with Crippen LogP contribution in [0.5, 0.6) is 0 Å². The third kappa shape index (κ3) is 3.21. The molecule has 0 spiro atoms. The number of aryl methyl sites for hydroxylation is 1. The van der Waals surface area contributed by atoms with E-state index in [1.54, 1.807) is 0 Å². The molecule has 1 fully saturated rings. The highest BCUT2D eigenvalue weighted by molar-refractivity contribution is 5.56. The molecule has 0 bridgehead atoms. The predicted octanol–water partition coefficient (Wildman–Crippen LogP) is 4.04. The quantitative estimate of drug-likeness (QED) is 0.872. The Morgan fingerprint density at radius 1 is 1.33 bits per heavy atom. The van der Waals surface area contributed by atoms with Crippen molar-refractivity contribution >= 4 is 0 Å². The minimum absolute atomic E-state index is 0.643. The molecule has 1 aliphatic rings. The van der Waals surface area contributed by atoms with Crippen LogP contribution in [0, 0.1) is 12.8 Å². The average molecular weight is 287 g/mol. The molecule has 4 nitrogen and oxygen atoms in total. The molecule has 0 radical (unpaired) electrons. The number of hydrogen-bond donors (Lipinski definition) is 2. The smallest absolute Gasteiger partial charge is 0.152 e. The molecule has 21 heavy (non-hydrogen) atoms. The number of aromatic nitrogens is 2. The molecule has 0 aromatic carbocycles. The van der Waals surface area contributed by atoms with Crippen molar-refractivity contribution in [2.24, 2.45) is 5.92 Å². The second kappa shape index (κ2) is 6.48. The van der Waals surface area contributed by atoms with Crippen LogP contribution in [-0.2, 0) is 6.54 Å². The van der Waals surface area contributed by atoms with E-state index in [0.29, 0.717) is 6.04 Å². The van der Waals surface area contributed by atoms with Gasteiger partial charge >= 0.3 is 0 Å². The van der Waals surface area contributed by atoms with E-state index in [0.717, 1.165) is 29.7 Å². The third-order valence-corrected chi connectivity index (χ3v) is 4.69. The molecular weight excluding hydrogens is 262 g/mol. The molecule has 0 saturated heterocycles. The summed E-state index contributed by atoms with van der Waals surface area (Å²) in [6, 6.07) is 4.63. The molecule has 2 unspecified atom stereocenters. The van der Waals surface area contributed by atoms with Crippen molar-refractivity contribution < 1.29 is 4.42 Å². The van der Waals surface area contributed by atoms with Crippen molar-refractivity contribution in [1.82, 2.24) is 15.5 Å². The number of H-pyrrole nitrogens is 1. The lowest BCUT2D eigenvalue weighted by Crippen LogP contribution is -2.37. The maximum absolute atomic E-state index is 5.70. The van der Waals surface area contributed by atoms with Crippen molar-refractivity contribution in [2.75, 3.05) is 0 Å². The van der Waals surface area contributed by atoms with E-state index < -0.39 is 0 Å². The van der Waals surface area contributed by atoms with Gasteiger partial charge in [-0.05, 0) is 37.8 Å². The number of aromatic amines is 1. The summed E-state index contributed by atoms with van der Waals surface area (Å²) in [6.07, 6.45) is 8.58. The highest BCUT2D eigenvalue weighted by atomic mass is 16.3. The third-order valence-electron chi connectivity index (χ3n) is 4.69. The molecule has 2 atom stereocenters. The first-order chi connectivity index (χ1) is 10.3. The summed E-state index contributed by atoms with van der Waals surface area (Å²) in [6.45, 7) is 5.12. The normalized spacial score (nSPS) is 22.6. The van der Waals surface area contributed by atoms with Crippen LogP contribution in [0.1, 0.15) is 50.4 Å². The van der Waals surface area contributed by atoms with Gasteiger partial charge < -0.3 is 9.73 Å². The van der Waals surface area contributed by atoms with E-state index in [1.807, 2.05) is 25.3 Å². The molecule has 2 aromatic heterocycles. The molecular formula is C17H25N3O. The largest absolute Gasteiger partial charge is 0.460 e. The number of furan rings is 1. The van der Waals surface area contributed by atoms with Crippen molar-refractivity contribution in [2.45, 2.75) is 58.5 Å². The van der Waals surface area contributed by atoms with Crippen LogP contribution < -0.4 is 5.32 Å². The van der Waals surface area contributed by atoms with Crippen LogP contribution >= 0.6 is 0 Å². The van der Waals surface area contributed by atoms with E-state index >= 15 is 0 Å². The van der Waals surface area contributed by atoms with Crippen LogP contribution in [0.4, 0.5) is 0 Å². The van der Waals surface area contributed by atoms with E-state index in [2.05, 4.69) is 22.4 Å². The average Bonchev–Trinajstić information content (AvgIpc) is 3.13. The monoisotopic (exact) mass is 287 g/mol. The molecule has 2 N–H and O–H groups in total. The first kappa shape index (κ1) is 14.4. The zero-order chi connectivity index (χ0) is 14.7. The van der Waals surface area contributed by atoms with Gasteiger partial charge in [0.1, 0.15) is 11.5 Å². The summed E-state index contributed by atoms with van der Waals surface area (Å²) >= 11 is 0. The van der Waals surface area contributed by atoms with Gasteiger partial charge in [-0.3, -0.25) is 5.10 Å². The Morgan fingerprint density at radius 3 is 2.95 bits per heavy atom. The second-order valence-electron chi connectivity index (χ2n) is 6.12. The van der Waals surface area contributed by atoms with Crippen molar-refractivity contribution in [3.8, 4) is 11.5 Å². The van der Waals surface area contributed by atoms with Gasteiger partial charge in [-0.25, -0.2) is 0 Å². The molecule has 1 aliphatic carbocycles. The molecule has 0 amide bonds. The second-order valence-corrected chi connectivity index (χ2v) is 6.12. The Morgan fingerprint density at radius 2 is 2.19 bits per heavy atom. The fourth-order valence-corrected chi connectivity index (χ4v) is 3.43. The Hall–Kier alpha value is -1.55. The van der Waals surface area contributed by atoms with Gasteiger partial charge in [0.15, 0.2) is 5.76 Å². The van der Waals surface area contributed by atoms with Gasteiger partial charge in [-0.1, -0.05) is 26.2 Å². The van der Waals surface area contributed by atoms with Crippen molar-refractivity contribution in [3.63, 3.8) is 0 Å². The summed E-state index contributed by atoms with van der Waals surface area (Å²) in [7, 11) is 0. The van der Waals surface area contributed by atoms with Crippen LogP contribution in [0.2, 0.25) is 0 Å². The number of nitrogens with zero attached hydrogens (tertiary/aromatic N) is 1. The van der Waals surface area contributed by atoms with Crippen LogP contribution in [0.15, 0.2) is 22.7 Å². The van der Waals surface area contributed by atoms with E-state index in [1.165, 1.54) is 37.7 Å². The molecule has 2 heterocycles. The SMILES string of the molecule is CCC1CCCCC1NCc1cn[nH]c1-c1ccc(C)o1. The topological polar surface area (TPSA) is 53.9 Å². The fraction of sp³-hybridized carbons (Fsp3) is 0.588. The fourth-order valence-electron chi connectivity index (χ4n) is 3.43. The highest BCUT2D eigenvalue weighted by Gasteiger charge is 2.23. The molecule has 1 saturated carbocycles. The van der Waals surface area contributed by atoms with Crippen molar-refractivity contribution in [1.29, 1.82) is 0 Å². The first-order valence-electron chi connectivity index (χ1n) is 8.10. The van der Waals surface area contributed by atoms with Gasteiger partial charge in [-0.15, -0.1) is 0 Å². The Kier molecular flexibility index (Phi) is 4.44. The van der Waals surface area contributed by atoms with Gasteiger partial charge in [0.25, 0.3) is 0 Å². The molecule has 3 rings (SSSR count). The summed E-state index contributed by atoms with van der Waals surface area (Å²) in [5.74, 6) is 2.62. The van der Waals surface area contributed by atoms with Crippen molar-refractivity contribution in [3.05, 3.63) is 29.7 Å². The highest BCUT2D eigenvalue weighted by Crippen LogP contribution is 2.28. The maximum atomic E-state index is 5.70. The number of hydrogen-bond acceptors (Lipinski definition) is 3. The molecule has 2 aromatic rings. The Balaban J connectivity index is 1.67. The number of nitrogens with one attached hydrogen (secondary N) is 2. The van der Waals surface area contributed by atoms with Gasteiger partial charge in [0.05, 0.1) is 6.20 Å². The summed E-state index contributed by atoms with van der Waals surface area (Å²) < 4.78 is 5.70. The van der Waals surface area contributed by atoms with E-state index in [9.17, 15) is 0 Å². The lowest BCUT2D eigenvalue weighted by atomic mass is 9.83. The van der Waals surface area contributed by atoms with Gasteiger partial charge in [0, 0.05) is 18.2 Å². The first-order valence-corrected chi connectivity index (χ1v) is 8.10. The number of rotatable bonds is 5. The lowest BCUT2D eigenvalue weighted by Gasteiger charge is -2.31. The summed E-state index contributed by atoms with van der Waals surface area (Å²) in [5, 5.41) is 11.0. The standard InChI is InChI=1S/C17H25N3O/c1-3-13-6-4-5-7-15(13)18-10-14-11-19-20-17(14)16-9-8-12(2)21-16/h8-9,11,13,15,18H,3-7,10H2,1-2H3,(H,19,20). The Bertz CT molecular complexity index is 572. The maximum Gasteiger partial charge on any atom is 0.152 e. The van der Waals surface area contributed by atoms with E-state index in [4.69, 9.17) is 4.42 Å². The van der Waals surface area contributed by atoms with Gasteiger partial charge in [0.2, 0.25) is 0 Å². The van der Waals surface area contributed by atoms with Crippen LogP contribution in [-0.4, -0.2) is 16.2 Å². The summed E-state index contributed by atoms with van der Waals surface area (Å²) in [5.41, 5.74) is 2.18. The summed E-state index contributed by atoms with van der Waals surface area (Å²) in [4.78, 5) is 0. The zero-order valence-corrected chi connectivity index (χ0v) is 13.0. The van der Waals surface area contributed by atoms with Crippen LogP contribution in [0.25, 0.3) is 11.5 Å². The van der Waals surface area contributed by atoms with Gasteiger partial charge in [-0.2, -0.15) is 5.10 Å². The van der Waals surface area contributed by atoms with E-state index in [-0.39, 0.29) is 0 Å². The molecule has 0 aliphatic heterocycles.